The molecule has 0 radical (unpaired) electrons. The minimum Gasteiger partial charge on any atom is -0.321 e. The quantitative estimate of drug-likeness (QED) is 0.327. The zero-order chi connectivity index (χ0) is 18.8. The zero-order valence-corrected chi connectivity index (χ0v) is 18.1. The molecule has 0 saturated carbocycles. The normalized spacial score (nSPS) is 10.4. The molecule has 0 fully saturated rings. The van der Waals surface area contributed by atoms with Crippen molar-refractivity contribution in [2.45, 2.75) is 6.92 Å². The molecule has 1 aromatic heterocycles. The van der Waals surface area contributed by atoms with E-state index in [-0.39, 0.29) is 18.3 Å². The Morgan fingerprint density at radius 1 is 0.929 bits per heavy atom. The van der Waals surface area contributed by atoms with Crippen molar-refractivity contribution >= 4 is 57.5 Å². The fourth-order valence-electron chi connectivity index (χ4n) is 3.11. The van der Waals surface area contributed by atoms with E-state index >= 15 is 0 Å². The van der Waals surface area contributed by atoms with E-state index in [4.69, 9.17) is 4.98 Å². The number of amides is 1. The largest absolute Gasteiger partial charge is 0.321 e. The van der Waals surface area contributed by atoms with Gasteiger partial charge in [-0.15, -0.1) is 12.4 Å². The third-order valence-electron chi connectivity index (χ3n) is 4.50. The summed E-state index contributed by atoms with van der Waals surface area (Å²) in [7, 11) is 0. The zero-order valence-electron chi connectivity index (χ0n) is 15.1. The molecule has 0 bridgehead atoms. The standard InChI is InChI=1S/C23H17IN2O.ClH/c1-15-8-2-3-9-16(15)22-14-18(17-10-4-6-12-20(17)25-22)23(27)26-21-13-7-5-11-19(21)24;/h2-14H,1H3,(H,26,27);1H. The number of hydrogen-bond donors (Lipinski definition) is 1. The number of halogens is 2. The van der Waals surface area contributed by atoms with E-state index in [1.807, 2.05) is 72.8 Å². The van der Waals surface area contributed by atoms with Gasteiger partial charge >= 0.3 is 0 Å². The minimum atomic E-state index is -0.132. The average Bonchev–Trinajstić information content (AvgIpc) is 2.69. The van der Waals surface area contributed by atoms with Crippen LogP contribution in [-0.2, 0) is 0 Å². The lowest BCUT2D eigenvalue weighted by molar-refractivity contribution is 0.102. The van der Waals surface area contributed by atoms with E-state index < -0.39 is 0 Å². The predicted octanol–water partition coefficient (Wildman–Crippen LogP) is 6.49. The summed E-state index contributed by atoms with van der Waals surface area (Å²) < 4.78 is 1.00. The topological polar surface area (TPSA) is 42.0 Å². The lowest BCUT2D eigenvalue weighted by Crippen LogP contribution is -2.14. The van der Waals surface area contributed by atoms with E-state index in [1.54, 1.807) is 0 Å². The van der Waals surface area contributed by atoms with Crippen LogP contribution in [0.3, 0.4) is 0 Å². The monoisotopic (exact) mass is 500 g/mol. The van der Waals surface area contributed by atoms with E-state index in [0.29, 0.717) is 5.56 Å². The third kappa shape index (κ3) is 4.03. The highest BCUT2D eigenvalue weighted by Crippen LogP contribution is 2.28. The molecule has 0 unspecified atom stereocenters. The molecule has 0 aliphatic carbocycles. The highest BCUT2D eigenvalue weighted by molar-refractivity contribution is 14.1. The highest BCUT2D eigenvalue weighted by Gasteiger charge is 2.15. The Kier molecular flexibility index (Phi) is 6.31. The highest BCUT2D eigenvalue weighted by atomic mass is 127. The SMILES string of the molecule is Cc1ccccc1-c1cc(C(=O)Nc2ccccc2I)c2ccccc2n1.Cl. The van der Waals surface area contributed by atoms with Crippen LogP contribution in [0.2, 0.25) is 0 Å². The van der Waals surface area contributed by atoms with Crippen molar-refractivity contribution in [1.82, 2.24) is 4.98 Å². The number of aromatic nitrogens is 1. The summed E-state index contributed by atoms with van der Waals surface area (Å²) in [5.41, 5.74) is 5.21. The van der Waals surface area contributed by atoms with Crippen molar-refractivity contribution in [3.05, 3.63) is 93.6 Å². The van der Waals surface area contributed by atoms with Crippen LogP contribution in [-0.4, -0.2) is 10.9 Å². The lowest BCUT2D eigenvalue weighted by Gasteiger charge is -2.12. The maximum Gasteiger partial charge on any atom is 0.256 e. The molecule has 0 aliphatic heterocycles. The molecule has 1 N–H and O–H groups in total. The van der Waals surface area contributed by atoms with Crippen molar-refractivity contribution in [2.24, 2.45) is 0 Å². The fraction of sp³-hybridized carbons (Fsp3) is 0.0435. The molecule has 1 amide bonds. The first-order valence-electron chi connectivity index (χ1n) is 8.65. The number of carbonyl (C=O) groups is 1. The molecule has 1 heterocycles. The first-order valence-corrected chi connectivity index (χ1v) is 9.73. The minimum absolute atomic E-state index is 0. The molecule has 28 heavy (non-hydrogen) atoms. The fourth-order valence-corrected chi connectivity index (χ4v) is 3.64. The molecule has 5 heteroatoms. The van der Waals surface area contributed by atoms with Crippen LogP contribution in [0.25, 0.3) is 22.2 Å². The number of nitrogens with one attached hydrogen (secondary N) is 1. The average molecular weight is 501 g/mol. The van der Waals surface area contributed by atoms with Gasteiger partial charge in [0, 0.05) is 14.5 Å². The molecule has 3 aromatic carbocycles. The first kappa shape index (κ1) is 20.3. The van der Waals surface area contributed by atoms with Crippen LogP contribution in [0, 0.1) is 10.5 Å². The predicted molar refractivity (Wildman–Crippen MR) is 126 cm³/mol. The maximum atomic E-state index is 13.1. The van der Waals surface area contributed by atoms with Gasteiger partial charge in [0.25, 0.3) is 5.91 Å². The van der Waals surface area contributed by atoms with Gasteiger partial charge in [0.2, 0.25) is 0 Å². The second kappa shape index (κ2) is 8.71. The Morgan fingerprint density at radius 3 is 2.39 bits per heavy atom. The smallest absolute Gasteiger partial charge is 0.256 e. The van der Waals surface area contributed by atoms with Crippen molar-refractivity contribution in [2.75, 3.05) is 5.32 Å². The number of rotatable bonds is 3. The van der Waals surface area contributed by atoms with Gasteiger partial charge in [-0.1, -0.05) is 54.6 Å². The number of benzene rings is 3. The van der Waals surface area contributed by atoms with Crippen LogP contribution in [0.4, 0.5) is 5.69 Å². The van der Waals surface area contributed by atoms with Crippen LogP contribution in [0.1, 0.15) is 15.9 Å². The van der Waals surface area contributed by atoms with Crippen LogP contribution >= 0.6 is 35.0 Å². The number of pyridine rings is 1. The lowest BCUT2D eigenvalue weighted by atomic mass is 10.0. The Balaban J connectivity index is 0.00000225. The van der Waals surface area contributed by atoms with Crippen molar-refractivity contribution < 1.29 is 4.79 Å². The van der Waals surface area contributed by atoms with Crippen LogP contribution in [0.15, 0.2) is 78.9 Å². The second-order valence-corrected chi connectivity index (χ2v) is 7.48. The van der Waals surface area contributed by atoms with Crippen molar-refractivity contribution in [1.29, 1.82) is 0 Å². The Bertz CT molecular complexity index is 1160. The van der Waals surface area contributed by atoms with Gasteiger partial charge < -0.3 is 5.32 Å². The van der Waals surface area contributed by atoms with Crippen molar-refractivity contribution in [3.63, 3.8) is 0 Å². The summed E-state index contributed by atoms with van der Waals surface area (Å²) in [6.07, 6.45) is 0. The van der Waals surface area contributed by atoms with E-state index in [9.17, 15) is 4.79 Å². The van der Waals surface area contributed by atoms with Gasteiger partial charge in [-0.2, -0.15) is 0 Å². The molecular formula is C23H18ClIN2O. The molecule has 3 nitrogen and oxygen atoms in total. The second-order valence-electron chi connectivity index (χ2n) is 6.32. The van der Waals surface area contributed by atoms with Crippen LogP contribution in [0.5, 0.6) is 0 Å². The summed E-state index contributed by atoms with van der Waals surface area (Å²) in [5.74, 6) is -0.132. The number of aryl methyl sites for hydroxylation is 1. The molecule has 4 aromatic rings. The summed E-state index contributed by atoms with van der Waals surface area (Å²) in [5, 5.41) is 3.88. The van der Waals surface area contributed by atoms with Gasteiger partial charge in [-0.25, -0.2) is 4.98 Å². The number of anilines is 1. The van der Waals surface area contributed by atoms with Gasteiger partial charge in [0.15, 0.2) is 0 Å². The van der Waals surface area contributed by atoms with Gasteiger partial charge in [-0.3, -0.25) is 4.79 Å². The number of fused-ring (bicyclic) bond motifs is 1. The number of para-hydroxylation sites is 2. The van der Waals surface area contributed by atoms with E-state index in [2.05, 4.69) is 40.9 Å². The number of hydrogen-bond acceptors (Lipinski definition) is 2. The molecule has 0 aliphatic rings. The summed E-state index contributed by atoms with van der Waals surface area (Å²) >= 11 is 2.22. The molecule has 0 spiro atoms. The van der Waals surface area contributed by atoms with E-state index in [0.717, 1.165) is 37.0 Å². The van der Waals surface area contributed by atoms with Gasteiger partial charge in [0.1, 0.15) is 0 Å². The molecule has 140 valence electrons. The Labute approximate surface area is 183 Å². The summed E-state index contributed by atoms with van der Waals surface area (Å²) in [4.78, 5) is 17.9. The summed E-state index contributed by atoms with van der Waals surface area (Å²) in [6.45, 7) is 2.05. The van der Waals surface area contributed by atoms with Gasteiger partial charge in [0.05, 0.1) is 22.5 Å². The maximum absolute atomic E-state index is 13.1. The van der Waals surface area contributed by atoms with Crippen LogP contribution < -0.4 is 5.32 Å². The number of carbonyl (C=O) groups excluding carboxylic acids is 1. The summed E-state index contributed by atoms with van der Waals surface area (Å²) in [6, 6.07) is 25.5. The first-order chi connectivity index (χ1) is 13.1. The molecular weight excluding hydrogens is 483 g/mol. The molecule has 0 atom stereocenters. The molecule has 4 rings (SSSR count). The van der Waals surface area contributed by atoms with E-state index in [1.165, 1.54) is 0 Å². The number of nitrogens with zero attached hydrogens (tertiary/aromatic N) is 1. The third-order valence-corrected chi connectivity index (χ3v) is 5.44. The Morgan fingerprint density at radius 2 is 1.61 bits per heavy atom. The Hall–Kier alpha value is -2.44. The van der Waals surface area contributed by atoms with Crippen molar-refractivity contribution in [3.8, 4) is 11.3 Å². The van der Waals surface area contributed by atoms with Gasteiger partial charge in [-0.05, 0) is 59.3 Å². The molecule has 0 saturated heterocycles.